The lowest BCUT2D eigenvalue weighted by molar-refractivity contribution is 0.435. The van der Waals surface area contributed by atoms with Crippen molar-refractivity contribution < 1.29 is 4.52 Å². The predicted octanol–water partition coefficient (Wildman–Crippen LogP) is 6.44. The third-order valence-electron chi connectivity index (χ3n) is 3.91. The van der Waals surface area contributed by atoms with Crippen LogP contribution in [0.4, 0.5) is 0 Å². The first-order chi connectivity index (χ1) is 11.8. The van der Waals surface area contributed by atoms with Gasteiger partial charge in [0.25, 0.3) is 0 Å². The van der Waals surface area contributed by atoms with Crippen LogP contribution < -0.4 is 0 Å². The minimum Gasteiger partial charge on any atom is -0.355 e. The number of halogens is 1. The largest absolute Gasteiger partial charge is 0.355 e. The Morgan fingerprint density at radius 3 is 1.83 bits per heavy atom. The topological polar surface area (TPSA) is 26.0 Å². The molecule has 0 spiro atoms. The number of hydrogen-bond acceptors (Lipinski definition) is 2. The van der Waals surface area contributed by atoms with E-state index < -0.39 is 0 Å². The van der Waals surface area contributed by atoms with Crippen LogP contribution in [0, 0.1) is 0 Å². The summed E-state index contributed by atoms with van der Waals surface area (Å²) in [5, 5.41) is 4.37. The van der Waals surface area contributed by atoms with E-state index in [1.54, 1.807) is 0 Å². The second-order valence-corrected chi connectivity index (χ2v) is 6.39. The summed E-state index contributed by atoms with van der Waals surface area (Å²) in [4.78, 5) is 0. The average molecular weight is 376 g/mol. The number of benzene rings is 3. The minimum atomic E-state index is 0.789. The molecule has 0 aliphatic rings. The number of rotatable bonds is 3. The molecule has 3 heteroatoms. The van der Waals surface area contributed by atoms with Crippen molar-refractivity contribution in [2.24, 2.45) is 0 Å². The summed E-state index contributed by atoms with van der Waals surface area (Å²) in [6.07, 6.45) is 0. The summed E-state index contributed by atoms with van der Waals surface area (Å²) < 4.78 is 6.81. The van der Waals surface area contributed by atoms with Crippen LogP contribution >= 0.6 is 15.9 Å². The maximum atomic E-state index is 5.76. The molecule has 24 heavy (non-hydrogen) atoms. The fourth-order valence-corrected chi connectivity index (χ4v) is 3.02. The quantitative estimate of drug-likeness (QED) is 0.411. The smallest absolute Gasteiger partial charge is 0.175 e. The molecular formula is C21H14BrNO. The Morgan fingerprint density at radius 1 is 0.625 bits per heavy atom. The molecule has 116 valence electrons. The van der Waals surface area contributed by atoms with Gasteiger partial charge in [0.2, 0.25) is 0 Å². The van der Waals surface area contributed by atoms with Crippen LogP contribution in [0.3, 0.4) is 0 Å². The maximum Gasteiger partial charge on any atom is 0.175 e. The number of hydrogen-bond donors (Lipinski definition) is 0. The fourth-order valence-electron chi connectivity index (χ4n) is 2.75. The zero-order valence-electron chi connectivity index (χ0n) is 12.8. The highest BCUT2D eigenvalue weighted by atomic mass is 79.9. The average Bonchev–Trinajstić information content (AvgIpc) is 3.09. The number of nitrogens with zero attached hydrogens (tertiary/aromatic N) is 1. The normalized spacial score (nSPS) is 10.7. The molecule has 3 aromatic carbocycles. The number of aromatic nitrogens is 1. The van der Waals surface area contributed by atoms with Gasteiger partial charge in [0.05, 0.1) is 5.56 Å². The minimum absolute atomic E-state index is 0.789. The van der Waals surface area contributed by atoms with E-state index in [1.165, 1.54) is 0 Å². The molecule has 2 nitrogen and oxygen atoms in total. The second kappa shape index (κ2) is 6.46. The molecule has 0 N–H and O–H groups in total. The first kappa shape index (κ1) is 14.9. The molecule has 0 radical (unpaired) electrons. The van der Waals surface area contributed by atoms with E-state index >= 15 is 0 Å². The Labute approximate surface area is 148 Å². The second-order valence-electron chi connectivity index (χ2n) is 5.47. The molecule has 0 aliphatic carbocycles. The zero-order valence-corrected chi connectivity index (χ0v) is 14.4. The molecule has 0 saturated carbocycles. The van der Waals surface area contributed by atoms with Crippen molar-refractivity contribution in [2.75, 3.05) is 0 Å². The molecule has 4 rings (SSSR count). The Kier molecular flexibility index (Phi) is 4.01. The fraction of sp³-hybridized carbons (Fsp3) is 0. The summed E-state index contributed by atoms with van der Waals surface area (Å²) in [7, 11) is 0. The Morgan fingerprint density at radius 2 is 1.21 bits per heavy atom. The van der Waals surface area contributed by atoms with Crippen molar-refractivity contribution in [3.8, 4) is 33.7 Å². The van der Waals surface area contributed by atoms with Crippen molar-refractivity contribution >= 4 is 15.9 Å². The summed E-state index contributed by atoms with van der Waals surface area (Å²) in [5.74, 6) is 0.789. The van der Waals surface area contributed by atoms with E-state index in [9.17, 15) is 0 Å². The SMILES string of the molecule is Brc1ccc(-c2c(-c3ccccc3)noc2-c2ccccc2)cc1. The predicted molar refractivity (Wildman–Crippen MR) is 101 cm³/mol. The lowest BCUT2D eigenvalue weighted by Gasteiger charge is -2.05. The summed E-state index contributed by atoms with van der Waals surface area (Å²) in [6, 6.07) is 28.4. The summed E-state index contributed by atoms with van der Waals surface area (Å²) in [5.41, 5.74) is 5.01. The van der Waals surface area contributed by atoms with Crippen molar-refractivity contribution in [1.82, 2.24) is 5.16 Å². The molecular weight excluding hydrogens is 362 g/mol. The van der Waals surface area contributed by atoms with E-state index in [4.69, 9.17) is 4.52 Å². The van der Waals surface area contributed by atoms with Gasteiger partial charge in [0.1, 0.15) is 5.69 Å². The third kappa shape index (κ3) is 2.79. The van der Waals surface area contributed by atoms with Crippen LogP contribution in [0.1, 0.15) is 0 Å². The molecule has 0 fully saturated rings. The summed E-state index contributed by atoms with van der Waals surface area (Å²) >= 11 is 3.50. The molecule has 0 amide bonds. The molecule has 0 aliphatic heterocycles. The van der Waals surface area contributed by atoms with Gasteiger partial charge in [0, 0.05) is 15.6 Å². The lowest BCUT2D eigenvalue weighted by atomic mass is 9.96. The first-order valence-corrected chi connectivity index (χ1v) is 8.49. The van der Waals surface area contributed by atoms with Gasteiger partial charge >= 0.3 is 0 Å². The van der Waals surface area contributed by atoms with Gasteiger partial charge in [-0.15, -0.1) is 0 Å². The van der Waals surface area contributed by atoms with Crippen molar-refractivity contribution in [3.63, 3.8) is 0 Å². The summed E-state index contributed by atoms with van der Waals surface area (Å²) in [6.45, 7) is 0. The van der Waals surface area contributed by atoms with Gasteiger partial charge in [-0.25, -0.2) is 0 Å². The van der Waals surface area contributed by atoms with Crippen LogP contribution in [0.2, 0.25) is 0 Å². The van der Waals surface area contributed by atoms with Crippen LogP contribution in [0.25, 0.3) is 33.7 Å². The van der Waals surface area contributed by atoms with E-state index in [-0.39, 0.29) is 0 Å². The van der Waals surface area contributed by atoms with Crippen molar-refractivity contribution in [3.05, 3.63) is 89.4 Å². The molecule has 1 heterocycles. The highest BCUT2D eigenvalue weighted by molar-refractivity contribution is 9.10. The third-order valence-corrected chi connectivity index (χ3v) is 4.44. The van der Waals surface area contributed by atoms with Crippen LogP contribution in [0.15, 0.2) is 93.9 Å². The molecule has 0 unspecified atom stereocenters. The van der Waals surface area contributed by atoms with Gasteiger partial charge in [-0.3, -0.25) is 0 Å². The molecule has 4 aromatic rings. The van der Waals surface area contributed by atoms with Crippen molar-refractivity contribution in [2.45, 2.75) is 0 Å². The van der Waals surface area contributed by atoms with E-state index in [2.05, 4.69) is 45.4 Å². The molecule has 0 saturated heterocycles. The first-order valence-electron chi connectivity index (χ1n) is 7.69. The monoisotopic (exact) mass is 375 g/mol. The van der Waals surface area contributed by atoms with E-state index in [1.807, 2.05) is 60.7 Å². The molecule has 0 bridgehead atoms. The van der Waals surface area contributed by atoms with Gasteiger partial charge in [0.15, 0.2) is 5.76 Å². The Bertz CT molecular complexity index is 887. The maximum absolute atomic E-state index is 5.76. The zero-order chi connectivity index (χ0) is 16.4. The standard InChI is InChI=1S/C21H14BrNO/c22-18-13-11-15(12-14-18)19-20(16-7-3-1-4-8-16)23-24-21(19)17-9-5-2-6-10-17/h1-14H. The van der Waals surface area contributed by atoms with Gasteiger partial charge in [-0.1, -0.05) is 93.9 Å². The van der Waals surface area contributed by atoms with Crippen LogP contribution in [-0.4, -0.2) is 5.16 Å². The highest BCUT2D eigenvalue weighted by Crippen LogP contribution is 2.40. The van der Waals surface area contributed by atoms with E-state index in [0.717, 1.165) is 38.2 Å². The Hall–Kier alpha value is -2.65. The van der Waals surface area contributed by atoms with Gasteiger partial charge < -0.3 is 4.52 Å². The van der Waals surface area contributed by atoms with E-state index in [0.29, 0.717) is 0 Å². The van der Waals surface area contributed by atoms with Gasteiger partial charge in [-0.2, -0.15) is 0 Å². The lowest BCUT2D eigenvalue weighted by Crippen LogP contribution is -1.85. The molecule has 1 aromatic heterocycles. The van der Waals surface area contributed by atoms with Gasteiger partial charge in [-0.05, 0) is 17.7 Å². The van der Waals surface area contributed by atoms with Crippen LogP contribution in [-0.2, 0) is 0 Å². The van der Waals surface area contributed by atoms with Crippen molar-refractivity contribution in [1.29, 1.82) is 0 Å². The highest BCUT2D eigenvalue weighted by Gasteiger charge is 2.20. The Balaban J connectivity index is 1.96. The van der Waals surface area contributed by atoms with Crippen LogP contribution in [0.5, 0.6) is 0 Å². The molecule has 0 atom stereocenters.